The molecule has 2 heterocycles. The number of nitrogens with zero attached hydrogens (tertiary/aromatic N) is 3. The highest BCUT2D eigenvalue weighted by atomic mass is 28.4. The Labute approximate surface area is 147 Å². The third kappa shape index (κ3) is 4.69. The van der Waals surface area contributed by atoms with Crippen LogP contribution in [0.15, 0.2) is 12.5 Å². The van der Waals surface area contributed by atoms with Gasteiger partial charge in [-0.05, 0) is 30.5 Å². The summed E-state index contributed by atoms with van der Waals surface area (Å²) in [6.07, 6.45) is 6.80. The molecule has 1 aliphatic heterocycles. The van der Waals surface area contributed by atoms with Gasteiger partial charge in [-0.15, -0.1) is 0 Å². The van der Waals surface area contributed by atoms with Crippen molar-refractivity contribution in [1.29, 1.82) is 0 Å². The van der Waals surface area contributed by atoms with Crippen molar-refractivity contribution >= 4 is 14.2 Å². The van der Waals surface area contributed by atoms with Crippen molar-refractivity contribution < 1.29 is 9.22 Å². The van der Waals surface area contributed by atoms with Crippen molar-refractivity contribution in [1.82, 2.24) is 14.5 Å². The number of imidazole rings is 1. The van der Waals surface area contributed by atoms with Crippen LogP contribution < -0.4 is 0 Å². The standard InChI is InChI=1S/C18H33N3O2Si/c1-7-8-15-9-17(22)21(10-15)14-20-11-16(19-13-20)12-23-24(5,6)18(2,3)4/h11,13,15H,7-10,12,14H2,1-6H3. The molecule has 6 heteroatoms. The average molecular weight is 352 g/mol. The van der Waals surface area contributed by atoms with Crippen molar-refractivity contribution in [3.8, 4) is 0 Å². The molecule has 0 bridgehead atoms. The molecular weight excluding hydrogens is 318 g/mol. The van der Waals surface area contributed by atoms with Gasteiger partial charge in [-0.2, -0.15) is 0 Å². The number of hydrogen-bond donors (Lipinski definition) is 0. The fraction of sp³-hybridized carbons (Fsp3) is 0.778. The molecule has 1 saturated heterocycles. The molecule has 0 radical (unpaired) electrons. The Bertz CT molecular complexity index is 563. The molecule has 0 aromatic carbocycles. The largest absolute Gasteiger partial charge is 0.411 e. The lowest BCUT2D eigenvalue weighted by molar-refractivity contribution is -0.129. The summed E-state index contributed by atoms with van der Waals surface area (Å²) in [4.78, 5) is 18.5. The van der Waals surface area contributed by atoms with E-state index in [1.165, 1.54) is 0 Å². The van der Waals surface area contributed by atoms with Gasteiger partial charge in [-0.25, -0.2) is 4.98 Å². The van der Waals surface area contributed by atoms with Crippen LogP contribution in [0, 0.1) is 5.92 Å². The monoisotopic (exact) mass is 351 g/mol. The molecule has 1 fully saturated rings. The predicted octanol–water partition coefficient (Wildman–Crippen LogP) is 4.01. The fourth-order valence-electron chi connectivity index (χ4n) is 2.82. The van der Waals surface area contributed by atoms with Crippen LogP contribution in [0.3, 0.4) is 0 Å². The van der Waals surface area contributed by atoms with E-state index in [1.54, 1.807) is 0 Å². The molecule has 2 rings (SSSR count). The first-order valence-corrected chi connectivity index (χ1v) is 12.0. The molecule has 0 spiro atoms. The molecule has 1 atom stereocenters. The number of rotatable bonds is 7. The van der Waals surface area contributed by atoms with Gasteiger partial charge in [0.25, 0.3) is 0 Å². The van der Waals surface area contributed by atoms with Crippen LogP contribution in [0.4, 0.5) is 0 Å². The first-order valence-electron chi connectivity index (χ1n) is 9.05. The minimum Gasteiger partial charge on any atom is -0.411 e. The van der Waals surface area contributed by atoms with Crippen LogP contribution in [0.2, 0.25) is 18.1 Å². The van der Waals surface area contributed by atoms with E-state index in [4.69, 9.17) is 4.43 Å². The molecule has 0 N–H and O–H groups in total. The molecule has 1 aromatic rings. The van der Waals surface area contributed by atoms with E-state index in [0.29, 0.717) is 25.6 Å². The van der Waals surface area contributed by atoms with Crippen LogP contribution in [-0.4, -0.2) is 35.2 Å². The summed E-state index contributed by atoms with van der Waals surface area (Å²) in [7, 11) is -1.76. The van der Waals surface area contributed by atoms with Crippen molar-refractivity contribution in [3.05, 3.63) is 18.2 Å². The van der Waals surface area contributed by atoms with E-state index in [2.05, 4.69) is 45.8 Å². The minimum absolute atomic E-state index is 0.200. The van der Waals surface area contributed by atoms with E-state index in [1.807, 2.05) is 22.0 Å². The smallest absolute Gasteiger partial charge is 0.224 e. The van der Waals surface area contributed by atoms with Crippen LogP contribution in [0.25, 0.3) is 0 Å². The summed E-state index contributed by atoms with van der Waals surface area (Å²) in [6.45, 7) is 15.4. The van der Waals surface area contributed by atoms with Gasteiger partial charge in [0, 0.05) is 19.2 Å². The third-order valence-electron chi connectivity index (χ3n) is 5.40. The lowest BCUT2D eigenvalue weighted by Crippen LogP contribution is -2.40. The highest BCUT2D eigenvalue weighted by Crippen LogP contribution is 2.36. The SMILES string of the molecule is CCCC1CC(=O)N(Cn2cnc(CO[Si](C)(C)C(C)(C)C)c2)C1. The zero-order valence-corrected chi connectivity index (χ0v) is 17.1. The number of hydrogen-bond acceptors (Lipinski definition) is 3. The second kappa shape index (κ2) is 7.40. The Kier molecular flexibility index (Phi) is 5.91. The predicted molar refractivity (Wildman–Crippen MR) is 98.9 cm³/mol. The molecule has 1 unspecified atom stereocenters. The van der Waals surface area contributed by atoms with Gasteiger partial charge in [0.15, 0.2) is 8.32 Å². The van der Waals surface area contributed by atoms with Crippen molar-refractivity contribution in [2.24, 2.45) is 5.92 Å². The molecular formula is C18H33N3O2Si. The topological polar surface area (TPSA) is 47.4 Å². The van der Waals surface area contributed by atoms with E-state index >= 15 is 0 Å². The molecule has 24 heavy (non-hydrogen) atoms. The first-order chi connectivity index (χ1) is 11.1. The highest BCUT2D eigenvalue weighted by molar-refractivity contribution is 6.74. The van der Waals surface area contributed by atoms with Gasteiger partial charge in [0.05, 0.1) is 25.3 Å². The highest BCUT2D eigenvalue weighted by Gasteiger charge is 2.37. The summed E-state index contributed by atoms with van der Waals surface area (Å²) >= 11 is 0. The minimum atomic E-state index is -1.76. The van der Waals surface area contributed by atoms with Crippen molar-refractivity contribution in [2.45, 2.75) is 78.4 Å². The fourth-order valence-corrected chi connectivity index (χ4v) is 3.76. The molecule has 0 aliphatic carbocycles. The second-order valence-electron chi connectivity index (χ2n) is 8.54. The summed E-state index contributed by atoms with van der Waals surface area (Å²) in [6, 6.07) is 0. The zero-order chi connectivity index (χ0) is 18.0. The van der Waals surface area contributed by atoms with E-state index in [-0.39, 0.29) is 10.9 Å². The Hall–Kier alpha value is -1.14. The second-order valence-corrected chi connectivity index (χ2v) is 13.4. The maximum Gasteiger partial charge on any atom is 0.224 e. The van der Waals surface area contributed by atoms with Crippen LogP contribution in [0.1, 0.15) is 52.7 Å². The molecule has 1 amide bonds. The molecule has 1 aliphatic rings. The summed E-state index contributed by atoms with van der Waals surface area (Å²) in [5.41, 5.74) is 0.941. The number of likely N-dealkylation sites (tertiary alicyclic amines) is 1. The van der Waals surface area contributed by atoms with Crippen LogP contribution >= 0.6 is 0 Å². The van der Waals surface area contributed by atoms with Gasteiger partial charge in [-0.1, -0.05) is 34.1 Å². The Morgan fingerprint density at radius 1 is 1.38 bits per heavy atom. The van der Waals surface area contributed by atoms with Crippen molar-refractivity contribution in [2.75, 3.05) is 6.54 Å². The van der Waals surface area contributed by atoms with Gasteiger partial charge in [0.1, 0.15) is 0 Å². The lowest BCUT2D eigenvalue weighted by atomic mass is 10.0. The number of aromatic nitrogens is 2. The summed E-state index contributed by atoms with van der Waals surface area (Å²) < 4.78 is 8.21. The average Bonchev–Trinajstić information content (AvgIpc) is 3.04. The Balaban J connectivity index is 1.89. The van der Waals surface area contributed by atoms with Gasteiger partial charge in [0.2, 0.25) is 5.91 Å². The maximum atomic E-state index is 12.1. The normalized spacial score (nSPS) is 19.3. The number of carbonyl (C=O) groups excluding carboxylic acids is 1. The molecule has 5 nitrogen and oxygen atoms in total. The van der Waals surface area contributed by atoms with Gasteiger partial charge >= 0.3 is 0 Å². The molecule has 1 aromatic heterocycles. The van der Waals surface area contributed by atoms with E-state index in [0.717, 1.165) is 25.1 Å². The third-order valence-corrected chi connectivity index (χ3v) is 9.88. The van der Waals surface area contributed by atoms with Crippen LogP contribution in [-0.2, 0) is 22.5 Å². The lowest BCUT2D eigenvalue weighted by Gasteiger charge is -2.35. The quantitative estimate of drug-likeness (QED) is 0.697. The van der Waals surface area contributed by atoms with E-state index in [9.17, 15) is 4.79 Å². The van der Waals surface area contributed by atoms with Crippen LogP contribution in [0.5, 0.6) is 0 Å². The molecule has 136 valence electrons. The van der Waals surface area contributed by atoms with Gasteiger partial charge < -0.3 is 13.9 Å². The first kappa shape index (κ1) is 19.2. The Morgan fingerprint density at radius 3 is 2.71 bits per heavy atom. The number of carbonyl (C=O) groups is 1. The van der Waals surface area contributed by atoms with Gasteiger partial charge in [-0.3, -0.25) is 4.79 Å². The van der Waals surface area contributed by atoms with E-state index < -0.39 is 8.32 Å². The Morgan fingerprint density at radius 2 is 2.08 bits per heavy atom. The summed E-state index contributed by atoms with van der Waals surface area (Å²) in [5.74, 6) is 0.786. The van der Waals surface area contributed by atoms with Crippen molar-refractivity contribution in [3.63, 3.8) is 0 Å². The maximum absolute atomic E-state index is 12.1. The molecule has 0 saturated carbocycles. The number of amides is 1. The summed E-state index contributed by atoms with van der Waals surface area (Å²) in [5, 5.41) is 0.200. The zero-order valence-electron chi connectivity index (χ0n) is 16.1.